The summed E-state index contributed by atoms with van der Waals surface area (Å²) in [7, 11) is 0. The molecule has 0 bridgehead atoms. The molecule has 0 aliphatic heterocycles. The van der Waals surface area contributed by atoms with Gasteiger partial charge in [-0.05, 0) is 62.2 Å². The zero-order chi connectivity index (χ0) is 14.5. The van der Waals surface area contributed by atoms with Crippen molar-refractivity contribution >= 4 is 21.6 Å². The van der Waals surface area contributed by atoms with Crippen molar-refractivity contribution in [3.8, 4) is 5.75 Å². The molecule has 0 spiro atoms. The molecule has 0 atom stereocenters. The molecule has 0 unspecified atom stereocenters. The Kier molecular flexibility index (Phi) is 5.07. The molecular weight excluding hydrogens is 314 g/mol. The van der Waals surface area contributed by atoms with Gasteiger partial charge >= 0.3 is 0 Å². The maximum atomic E-state index is 5.63. The summed E-state index contributed by atoms with van der Waals surface area (Å²) in [6, 6.07) is 14.5. The van der Waals surface area contributed by atoms with Crippen LogP contribution < -0.4 is 10.1 Å². The van der Waals surface area contributed by atoms with Crippen LogP contribution in [0.25, 0.3) is 0 Å². The molecule has 2 rings (SSSR count). The molecule has 2 aromatic rings. The number of ether oxygens (including phenoxy) is 1. The third-order valence-corrected chi connectivity index (χ3v) is 3.83. The monoisotopic (exact) mass is 333 g/mol. The Morgan fingerprint density at radius 1 is 1.10 bits per heavy atom. The van der Waals surface area contributed by atoms with Crippen LogP contribution in [0.15, 0.2) is 46.9 Å². The van der Waals surface area contributed by atoms with Gasteiger partial charge in [-0.3, -0.25) is 0 Å². The maximum absolute atomic E-state index is 5.63. The lowest BCUT2D eigenvalue weighted by molar-refractivity contribution is 0.242. The summed E-state index contributed by atoms with van der Waals surface area (Å²) in [5, 5.41) is 3.42. The van der Waals surface area contributed by atoms with Crippen LogP contribution in [-0.2, 0) is 6.54 Å². The van der Waals surface area contributed by atoms with Crippen molar-refractivity contribution in [1.82, 2.24) is 0 Å². The third-order valence-electron chi connectivity index (χ3n) is 2.95. The van der Waals surface area contributed by atoms with Crippen molar-refractivity contribution in [3.05, 3.63) is 58.1 Å². The summed E-state index contributed by atoms with van der Waals surface area (Å²) < 4.78 is 6.78. The SMILES string of the molecule is Cc1cc(CNc2ccc(OC(C)C)cc2)ccc1Br. The van der Waals surface area contributed by atoms with Gasteiger partial charge < -0.3 is 10.1 Å². The molecule has 1 N–H and O–H groups in total. The Hall–Kier alpha value is -1.48. The van der Waals surface area contributed by atoms with E-state index in [0.29, 0.717) is 0 Å². The fourth-order valence-corrected chi connectivity index (χ4v) is 2.19. The van der Waals surface area contributed by atoms with Crippen LogP contribution in [0.4, 0.5) is 5.69 Å². The number of rotatable bonds is 5. The summed E-state index contributed by atoms with van der Waals surface area (Å²) in [5.41, 5.74) is 3.62. The average Bonchev–Trinajstić information content (AvgIpc) is 2.41. The number of nitrogens with one attached hydrogen (secondary N) is 1. The first-order valence-electron chi connectivity index (χ1n) is 6.80. The predicted octanol–water partition coefficient (Wildman–Crippen LogP) is 5.16. The van der Waals surface area contributed by atoms with Crippen molar-refractivity contribution in [2.24, 2.45) is 0 Å². The number of anilines is 1. The molecule has 0 fully saturated rings. The molecule has 0 aliphatic rings. The lowest BCUT2D eigenvalue weighted by atomic mass is 10.1. The van der Waals surface area contributed by atoms with Crippen molar-refractivity contribution < 1.29 is 4.74 Å². The topological polar surface area (TPSA) is 21.3 Å². The summed E-state index contributed by atoms with van der Waals surface area (Å²) >= 11 is 3.52. The molecule has 3 heteroatoms. The van der Waals surface area contributed by atoms with Gasteiger partial charge in [0.25, 0.3) is 0 Å². The Balaban J connectivity index is 1.95. The molecule has 2 nitrogen and oxygen atoms in total. The number of halogens is 1. The van der Waals surface area contributed by atoms with E-state index in [4.69, 9.17) is 4.74 Å². The molecular formula is C17H20BrNO. The minimum Gasteiger partial charge on any atom is -0.491 e. The molecule has 0 heterocycles. The van der Waals surface area contributed by atoms with E-state index in [1.54, 1.807) is 0 Å². The lowest BCUT2D eigenvalue weighted by Crippen LogP contribution is -2.05. The fraction of sp³-hybridized carbons (Fsp3) is 0.294. The molecule has 0 aromatic heterocycles. The van der Waals surface area contributed by atoms with E-state index >= 15 is 0 Å². The van der Waals surface area contributed by atoms with Crippen molar-refractivity contribution in [2.45, 2.75) is 33.4 Å². The molecule has 0 radical (unpaired) electrons. The largest absolute Gasteiger partial charge is 0.491 e. The molecule has 0 aliphatic carbocycles. The van der Waals surface area contributed by atoms with E-state index in [-0.39, 0.29) is 6.10 Å². The lowest BCUT2D eigenvalue weighted by Gasteiger charge is -2.11. The number of hydrogen-bond acceptors (Lipinski definition) is 2. The molecule has 20 heavy (non-hydrogen) atoms. The number of aryl methyl sites for hydroxylation is 1. The second-order valence-electron chi connectivity index (χ2n) is 5.13. The van der Waals surface area contributed by atoms with E-state index < -0.39 is 0 Å². The highest BCUT2D eigenvalue weighted by Gasteiger charge is 2.00. The van der Waals surface area contributed by atoms with E-state index in [1.807, 2.05) is 38.1 Å². The van der Waals surface area contributed by atoms with Crippen molar-refractivity contribution in [3.63, 3.8) is 0 Å². The van der Waals surface area contributed by atoms with Gasteiger partial charge in [0.1, 0.15) is 5.75 Å². The summed E-state index contributed by atoms with van der Waals surface area (Å²) in [6.45, 7) is 6.98. The maximum Gasteiger partial charge on any atom is 0.119 e. The minimum absolute atomic E-state index is 0.208. The summed E-state index contributed by atoms with van der Waals surface area (Å²) in [4.78, 5) is 0. The van der Waals surface area contributed by atoms with E-state index in [2.05, 4.69) is 46.4 Å². The Bertz CT molecular complexity index is 564. The number of benzene rings is 2. The van der Waals surface area contributed by atoms with Crippen LogP contribution in [0, 0.1) is 6.92 Å². The van der Waals surface area contributed by atoms with E-state index in [9.17, 15) is 0 Å². The number of hydrogen-bond donors (Lipinski definition) is 1. The quantitative estimate of drug-likeness (QED) is 0.816. The molecule has 2 aromatic carbocycles. The zero-order valence-electron chi connectivity index (χ0n) is 12.1. The van der Waals surface area contributed by atoms with Gasteiger partial charge in [0.2, 0.25) is 0 Å². The average molecular weight is 334 g/mol. The molecule has 0 saturated heterocycles. The molecule has 0 saturated carbocycles. The molecule has 0 amide bonds. The first kappa shape index (κ1) is 14.9. The van der Waals surface area contributed by atoms with Crippen LogP contribution in [0.2, 0.25) is 0 Å². The predicted molar refractivity (Wildman–Crippen MR) is 88.4 cm³/mol. The Morgan fingerprint density at radius 2 is 1.80 bits per heavy atom. The van der Waals surface area contributed by atoms with Gasteiger partial charge in [0.15, 0.2) is 0 Å². The zero-order valence-corrected chi connectivity index (χ0v) is 13.7. The normalized spacial score (nSPS) is 10.7. The van der Waals surface area contributed by atoms with Crippen LogP contribution in [0.3, 0.4) is 0 Å². The smallest absolute Gasteiger partial charge is 0.119 e. The first-order valence-corrected chi connectivity index (χ1v) is 7.59. The Labute approximate surface area is 129 Å². The van der Waals surface area contributed by atoms with Crippen LogP contribution >= 0.6 is 15.9 Å². The van der Waals surface area contributed by atoms with Gasteiger partial charge in [-0.1, -0.05) is 28.1 Å². The van der Waals surface area contributed by atoms with Gasteiger partial charge in [-0.2, -0.15) is 0 Å². The summed E-state index contributed by atoms with van der Waals surface area (Å²) in [6.07, 6.45) is 0.208. The van der Waals surface area contributed by atoms with Crippen LogP contribution in [0.5, 0.6) is 5.75 Å². The molecule has 106 valence electrons. The van der Waals surface area contributed by atoms with E-state index in [1.165, 1.54) is 11.1 Å². The van der Waals surface area contributed by atoms with Crippen LogP contribution in [-0.4, -0.2) is 6.10 Å². The first-order chi connectivity index (χ1) is 9.54. The minimum atomic E-state index is 0.208. The van der Waals surface area contributed by atoms with Crippen LogP contribution in [0.1, 0.15) is 25.0 Å². The van der Waals surface area contributed by atoms with Gasteiger partial charge in [-0.25, -0.2) is 0 Å². The second kappa shape index (κ2) is 6.80. The van der Waals surface area contributed by atoms with Gasteiger partial charge in [0.05, 0.1) is 6.10 Å². The second-order valence-corrected chi connectivity index (χ2v) is 5.98. The van der Waals surface area contributed by atoms with E-state index in [0.717, 1.165) is 22.5 Å². The highest BCUT2D eigenvalue weighted by molar-refractivity contribution is 9.10. The van der Waals surface area contributed by atoms with Crippen molar-refractivity contribution in [1.29, 1.82) is 0 Å². The highest BCUT2D eigenvalue weighted by atomic mass is 79.9. The third kappa shape index (κ3) is 4.27. The van der Waals surface area contributed by atoms with Gasteiger partial charge in [0, 0.05) is 16.7 Å². The standard InChI is InChI=1S/C17H20BrNO/c1-12(2)20-16-7-5-15(6-8-16)19-11-14-4-9-17(18)13(3)10-14/h4-10,12,19H,11H2,1-3H3. The summed E-state index contributed by atoms with van der Waals surface area (Å²) in [5.74, 6) is 0.907. The van der Waals surface area contributed by atoms with Crippen molar-refractivity contribution in [2.75, 3.05) is 5.32 Å². The van der Waals surface area contributed by atoms with Gasteiger partial charge in [-0.15, -0.1) is 0 Å². The highest BCUT2D eigenvalue weighted by Crippen LogP contribution is 2.20. The Morgan fingerprint density at radius 3 is 2.40 bits per heavy atom. The fourth-order valence-electron chi connectivity index (χ4n) is 1.94.